The van der Waals surface area contributed by atoms with E-state index in [1.807, 2.05) is 0 Å². The van der Waals surface area contributed by atoms with Crippen LogP contribution in [0.25, 0.3) is 0 Å². The summed E-state index contributed by atoms with van der Waals surface area (Å²) in [5, 5.41) is 6.28. The summed E-state index contributed by atoms with van der Waals surface area (Å²) >= 11 is 0. The highest BCUT2D eigenvalue weighted by Gasteiger charge is 2.01. The van der Waals surface area contributed by atoms with Gasteiger partial charge in [0, 0.05) is 20.2 Å². The topological polar surface area (TPSA) is 59.3 Å². The van der Waals surface area contributed by atoms with E-state index in [4.69, 9.17) is 9.15 Å². The molecule has 0 unspecified atom stereocenters. The van der Waals surface area contributed by atoms with Gasteiger partial charge in [0.15, 0.2) is 0 Å². The molecule has 0 fully saturated rings. The van der Waals surface area contributed by atoms with Crippen molar-refractivity contribution in [3.8, 4) is 0 Å². The zero-order chi connectivity index (χ0) is 10.9. The molecule has 0 saturated heterocycles. The molecule has 1 heterocycles. The van der Waals surface area contributed by atoms with E-state index in [0.29, 0.717) is 19.2 Å². The minimum atomic E-state index is 0.556. The van der Waals surface area contributed by atoms with E-state index in [9.17, 15) is 0 Å². The molecule has 86 valence electrons. The van der Waals surface area contributed by atoms with E-state index in [-0.39, 0.29) is 0 Å². The second-order valence-corrected chi connectivity index (χ2v) is 3.24. The van der Waals surface area contributed by atoms with Crippen molar-refractivity contribution in [1.29, 1.82) is 0 Å². The molecular weight excluding hydrogens is 194 g/mol. The summed E-state index contributed by atoms with van der Waals surface area (Å²) in [6.45, 7) is 5.24. The fourth-order valence-corrected chi connectivity index (χ4v) is 1.12. The van der Waals surface area contributed by atoms with Crippen molar-refractivity contribution in [2.45, 2.75) is 19.9 Å². The van der Waals surface area contributed by atoms with Crippen molar-refractivity contribution >= 4 is 6.01 Å². The van der Waals surface area contributed by atoms with Gasteiger partial charge in [0.25, 0.3) is 6.01 Å². The average molecular weight is 213 g/mol. The van der Waals surface area contributed by atoms with Crippen molar-refractivity contribution in [3.05, 3.63) is 12.0 Å². The lowest BCUT2D eigenvalue weighted by molar-refractivity contribution is 0.210. The van der Waals surface area contributed by atoms with Gasteiger partial charge in [0.05, 0.1) is 12.3 Å². The van der Waals surface area contributed by atoms with Gasteiger partial charge in [-0.25, -0.2) is 0 Å². The summed E-state index contributed by atoms with van der Waals surface area (Å²) in [7, 11) is 1.66. The fourth-order valence-electron chi connectivity index (χ4n) is 1.12. The Labute approximate surface area is 90.2 Å². The van der Waals surface area contributed by atoms with Crippen LogP contribution in [-0.2, 0) is 11.3 Å². The lowest BCUT2D eigenvalue weighted by Gasteiger charge is -1.99. The summed E-state index contributed by atoms with van der Waals surface area (Å²) in [6.07, 6.45) is 2.79. The van der Waals surface area contributed by atoms with Crippen LogP contribution in [0.2, 0.25) is 0 Å². The molecule has 0 aliphatic carbocycles. The van der Waals surface area contributed by atoms with Crippen LogP contribution in [0.3, 0.4) is 0 Å². The van der Waals surface area contributed by atoms with Crippen molar-refractivity contribution in [3.63, 3.8) is 0 Å². The highest BCUT2D eigenvalue weighted by Crippen LogP contribution is 2.06. The van der Waals surface area contributed by atoms with Crippen LogP contribution in [0.5, 0.6) is 0 Å². The van der Waals surface area contributed by atoms with Gasteiger partial charge in [-0.2, -0.15) is 4.98 Å². The van der Waals surface area contributed by atoms with E-state index in [2.05, 4.69) is 22.5 Å². The maximum Gasteiger partial charge on any atom is 0.294 e. The van der Waals surface area contributed by atoms with E-state index >= 15 is 0 Å². The Morgan fingerprint density at radius 3 is 3.07 bits per heavy atom. The third kappa shape index (κ3) is 4.80. The summed E-state index contributed by atoms with van der Waals surface area (Å²) in [5.41, 5.74) is 0.920. The minimum Gasteiger partial charge on any atom is -0.432 e. The van der Waals surface area contributed by atoms with Crippen molar-refractivity contribution < 1.29 is 9.15 Å². The second-order valence-electron chi connectivity index (χ2n) is 3.24. The number of methoxy groups -OCH3 is 1. The van der Waals surface area contributed by atoms with Crippen LogP contribution >= 0.6 is 0 Å². The summed E-state index contributed by atoms with van der Waals surface area (Å²) in [4.78, 5) is 4.26. The Morgan fingerprint density at radius 2 is 2.33 bits per heavy atom. The fraction of sp³-hybridized carbons (Fsp3) is 0.700. The molecule has 1 aromatic heterocycles. The van der Waals surface area contributed by atoms with Crippen molar-refractivity contribution in [2.24, 2.45) is 0 Å². The lowest BCUT2D eigenvalue weighted by Crippen LogP contribution is -2.14. The molecule has 1 rings (SSSR count). The number of oxazole rings is 1. The number of nitrogens with zero attached hydrogens (tertiary/aromatic N) is 1. The Hall–Kier alpha value is -1.07. The number of hydrogen-bond donors (Lipinski definition) is 2. The van der Waals surface area contributed by atoms with E-state index in [1.54, 1.807) is 13.4 Å². The van der Waals surface area contributed by atoms with Crippen LogP contribution in [0.1, 0.15) is 19.0 Å². The molecule has 0 aliphatic rings. The SMILES string of the molecule is CCCNCc1coc(NCCOC)n1. The van der Waals surface area contributed by atoms with Crippen LogP contribution in [0.4, 0.5) is 6.01 Å². The maximum atomic E-state index is 5.22. The number of aromatic nitrogens is 1. The predicted molar refractivity (Wildman–Crippen MR) is 58.9 cm³/mol. The molecule has 1 aromatic rings. The molecule has 5 heteroatoms. The zero-order valence-electron chi connectivity index (χ0n) is 9.38. The quantitative estimate of drug-likeness (QED) is 0.636. The molecule has 0 radical (unpaired) electrons. The van der Waals surface area contributed by atoms with Crippen LogP contribution in [-0.4, -0.2) is 31.8 Å². The Bertz CT molecular complexity index is 238. The highest BCUT2D eigenvalue weighted by atomic mass is 16.5. The smallest absolute Gasteiger partial charge is 0.294 e. The lowest BCUT2D eigenvalue weighted by atomic mass is 10.4. The molecule has 2 N–H and O–H groups in total. The molecule has 0 atom stereocenters. The van der Waals surface area contributed by atoms with E-state index in [1.165, 1.54) is 0 Å². The molecule has 0 aromatic carbocycles. The van der Waals surface area contributed by atoms with Gasteiger partial charge >= 0.3 is 0 Å². The first-order valence-electron chi connectivity index (χ1n) is 5.24. The van der Waals surface area contributed by atoms with Gasteiger partial charge < -0.3 is 19.8 Å². The molecule has 0 aliphatic heterocycles. The maximum absolute atomic E-state index is 5.22. The monoisotopic (exact) mass is 213 g/mol. The van der Waals surface area contributed by atoms with Gasteiger partial charge in [0.1, 0.15) is 6.26 Å². The highest BCUT2D eigenvalue weighted by molar-refractivity contribution is 5.20. The predicted octanol–water partition coefficient (Wildman–Crippen LogP) is 1.23. The standard InChI is InChI=1S/C10H19N3O2/c1-3-4-11-7-9-8-15-10(13-9)12-5-6-14-2/h8,11H,3-7H2,1-2H3,(H,12,13). The van der Waals surface area contributed by atoms with E-state index in [0.717, 1.165) is 25.2 Å². The first-order chi connectivity index (χ1) is 7.36. The molecule has 0 saturated carbocycles. The average Bonchev–Trinajstić information content (AvgIpc) is 2.67. The molecule has 0 spiro atoms. The first-order valence-corrected chi connectivity index (χ1v) is 5.24. The first kappa shape index (κ1) is 12.0. The number of rotatable bonds is 8. The van der Waals surface area contributed by atoms with Crippen LogP contribution in [0, 0.1) is 0 Å². The molecule has 0 bridgehead atoms. The summed E-state index contributed by atoms with van der Waals surface area (Å²) in [6, 6.07) is 0.556. The van der Waals surface area contributed by atoms with Gasteiger partial charge in [-0.3, -0.25) is 0 Å². The molecule has 5 nitrogen and oxygen atoms in total. The molecule has 0 amide bonds. The van der Waals surface area contributed by atoms with Gasteiger partial charge in [-0.15, -0.1) is 0 Å². The third-order valence-electron chi connectivity index (χ3n) is 1.87. The largest absolute Gasteiger partial charge is 0.432 e. The number of nitrogens with one attached hydrogen (secondary N) is 2. The van der Waals surface area contributed by atoms with E-state index < -0.39 is 0 Å². The minimum absolute atomic E-state index is 0.556. The van der Waals surface area contributed by atoms with Crippen molar-refractivity contribution in [2.75, 3.05) is 32.1 Å². The van der Waals surface area contributed by atoms with Gasteiger partial charge in [-0.05, 0) is 13.0 Å². The normalized spacial score (nSPS) is 10.5. The van der Waals surface area contributed by atoms with Crippen LogP contribution < -0.4 is 10.6 Å². The Kier molecular flexibility index (Phi) is 5.80. The van der Waals surface area contributed by atoms with Crippen molar-refractivity contribution in [1.82, 2.24) is 10.3 Å². The molecule has 15 heavy (non-hydrogen) atoms. The second kappa shape index (κ2) is 7.25. The summed E-state index contributed by atoms with van der Waals surface area (Å²) < 4.78 is 10.1. The van der Waals surface area contributed by atoms with Gasteiger partial charge in [-0.1, -0.05) is 6.92 Å². The number of ether oxygens (including phenoxy) is 1. The Morgan fingerprint density at radius 1 is 1.47 bits per heavy atom. The summed E-state index contributed by atoms with van der Waals surface area (Å²) in [5.74, 6) is 0. The van der Waals surface area contributed by atoms with Crippen LogP contribution in [0.15, 0.2) is 10.7 Å². The zero-order valence-corrected chi connectivity index (χ0v) is 9.38. The molecular formula is C10H19N3O2. The third-order valence-corrected chi connectivity index (χ3v) is 1.87. The Balaban J connectivity index is 2.23. The number of anilines is 1. The van der Waals surface area contributed by atoms with Gasteiger partial charge in [0.2, 0.25) is 0 Å². The number of hydrogen-bond acceptors (Lipinski definition) is 5.